The van der Waals surface area contributed by atoms with Gasteiger partial charge in [-0.05, 0) is 46.3 Å². The van der Waals surface area contributed by atoms with E-state index in [2.05, 4.69) is 34.8 Å². The minimum Gasteiger partial charge on any atom is -0.337 e. The highest BCUT2D eigenvalue weighted by molar-refractivity contribution is 9.10. The lowest BCUT2D eigenvalue weighted by Crippen LogP contribution is -2.41. The van der Waals surface area contributed by atoms with Crippen molar-refractivity contribution >= 4 is 21.8 Å². The third-order valence-corrected chi connectivity index (χ3v) is 3.82. The Balaban J connectivity index is 2.04. The Morgan fingerprint density at radius 1 is 1.35 bits per heavy atom. The molecule has 1 aliphatic rings. The van der Waals surface area contributed by atoms with Crippen LogP contribution in [-0.2, 0) is 0 Å². The molecule has 2 heterocycles. The first-order chi connectivity index (χ1) is 7.98. The predicted octanol–water partition coefficient (Wildman–Crippen LogP) is 3.11. The van der Waals surface area contributed by atoms with Crippen molar-refractivity contribution < 1.29 is 4.79 Å². The number of amides is 1. The van der Waals surface area contributed by atoms with Crippen molar-refractivity contribution in [3.63, 3.8) is 0 Å². The molecule has 0 bridgehead atoms. The van der Waals surface area contributed by atoms with E-state index in [1.807, 2.05) is 11.0 Å². The summed E-state index contributed by atoms with van der Waals surface area (Å²) in [7, 11) is 0. The third kappa shape index (κ3) is 3.06. The van der Waals surface area contributed by atoms with Gasteiger partial charge in [-0.1, -0.05) is 13.8 Å². The van der Waals surface area contributed by atoms with Gasteiger partial charge in [0, 0.05) is 23.8 Å². The van der Waals surface area contributed by atoms with Gasteiger partial charge in [0.05, 0.1) is 0 Å². The van der Waals surface area contributed by atoms with Gasteiger partial charge >= 0.3 is 0 Å². The Bertz CT molecular complexity index is 404. The van der Waals surface area contributed by atoms with E-state index >= 15 is 0 Å². The number of hydrogen-bond donors (Lipinski definition) is 0. The lowest BCUT2D eigenvalue weighted by Gasteiger charge is -2.36. The van der Waals surface area contributed by atoms with Crippen molar-refractivity contribution in [1.29, 1.82) is 0 Å². The van der Waals surface area contributed by atoms with Gasteiger partial charge in [-0.25, -0.2) is 4.98 Å². The van der Waals surface area contributed by atoms with Gasteiger partial charge < -0.3 is 4.90 Å². The highest BCUT2D eigenvalue weighted by atomic mass is 79.9. The zero-order chi connectivity index (χ0) is 12.5. The Morgan fingerprint density at radius 2 is 2.00 bits per heavy atom. The molecule has 0 aliphatic carbocycles. The van der Waals surface area contributed by atoms with Crippen LogP contribution in [0.25, 0.3) is 0 Å². The van der Waals surface area contributed by atoms with Gasteiger partial charge in [-0.15, -0.1) is 0 Å². The first-order valence-corrected chi connectivity index (χ1v) is 6.68. The van der Waals surface area contributed by atoms with E-state index in [4.69, 9.17) is 0 Å². The number of nitrogens with zero attached hydrogens (tertiary/aromatic N) is 2. The number of carbonyl (C=O) groups is 1. The van der Waals surface area contributed by atoms with E-state index in [1.165, 1.54) is 0 Å². The molecule has 1 aromatic heterocycles. The average molecular weight is 297 g/mol. The Morgan fingerprint density at radius 3 is 2.53 bits per heavy atom. The minimum absolute atomic E-state index is 0.0491. The van der Waals surface area contributed by atoms with Crippen LogP contribution in [0, 0.1) is 5.41 Å². The van der Waals surface area contributed by atoms with Crippen molar-refractivity contribution in [3.05, 3.63) is 28.5 Å². The fourth-order valence-electron chi connectivity index (χ4n) is 1.98. The van der Waals surface area contributed by atoms with Crippen LogP contribution in [0.5, 0.6) is 0 Å². The van der Waals surface area contributed by atoms with Crippen molar-refractivity contribution in [2.24, 2.45) is 5.41 Å². The first-order valence-electron chi connectivity index (χ1n) is 5.89. The van der Waals surface area contributed by atoms with E-state index in [1.54, 1.807) is 12.3 Å². The summed E-state index contributed by atoms with van der Waals surface area (Å²) in [6.07, 6.45) is 3.80. The highest BCUT2D eigenvalue weighted by Crippen LogP contribution is 2.30. The molecule has 0 N–H and O–H groups in total. The molecule has 0 atom stereocenters. The van der Waals surface area contributed by atoms with E-state index in [-0.39, 0.29) is 5.91 Å². The molecule has 0 saturated carbocycles. The van der Waals surface area contributed by atoms with Gasteiger partial charge in [0.25, 0.3) is 5.91 Å². The molecule has 2 rings (SSSR count). The molecule has 0 spiro atoms. The molecule has 1 amide bonds. The molecule has 3 nitrogen and oxygen atoms in total. The van der Waals surface area contributed by atoms with Crippen molar-refractivity contribution in [3.8, 4) is 0 Å². The first kappa shape index (κ1) is 12.6. The molecule has 17 heavy (non-hydrogen) atoms. The number of aromatic nitrogens is 1. The third-order valence-electron chi connectivity index (χ3n) is 3.35. The van der Waals surface area contributed by atoms with Crippen LogP contribution in [0.1, 0.15) is 37.2 Å². The number of piperidine rings is 1. The molecule has 0 unspecified atom stereocenters. The van der Waals surface area contributed by atoms with Crippen molar-refractivity contribution in [2.75, 3.05) is 13.1 Å². The molecule has 0 radical (unpaired) electrons. The second-order valence-electron chi connectivity index (χ2n) is 5.32. The maximum atomic E-state index is 12.2. The lowest BCUT2D eigenvalue weighted by atomic mass is 9.82. The summed E-state index contributed by atoms with van der Waals surface area (Å²) in [5.74, 6) is 0.0491. The number of hydrogen-bond acceptors (Lipinski definition) is 2. The highest BCUT2D eigenvalue weighted by Gasteiger charge is 2.28. The molecule has 4 heteroatoms. The summed E-state index contributed by atoms with van der Waals surface area (Å²) >= 11 is 3.32. The molecule has 0 aromatic carbocycles. The van der Waals surface area contributed by atoms with Gasteiger partial charge in [0.2, 0.25) is 0 Å². The largest absolute Gasteiger partial charge is 0.337 e. The summed E-state index contributed by atoms with van der Waals surface area (Å²) in [5.41, 5.74) is 0.900. The average Bonchev–Trinajstić information content (AvgIpc) is 2.29. The van der Waals surface area contributed by atoms with Gasteiger partial charge in [0.1, 0.15) is 5.69 Å². The molecular weight excluding hydrogens is 280 g/mol. The fourth-order valence-corrected chi connectivity index (χ4v) is 2.21. The lowest BCUT2D eigenvalue weighted by molar-refractivity contribution is 0.0624. The Kier molecular flexibility index (Phi) is 3.52. The van der Waals surface area contributed by atoms with Crippen LogP contribution >= 0.6 is 15.9 Å². The maximum absolute atomic E-state index is 12.2. The zero-order valence-electron chi connectivity index (χ0n) is 10.2. The standard InChI is InChI=1S/C13H17BrN2O/c1-13(2)5-7-16(8-6-13)12(17)11-4-3-10(14)9-15-11/h3-4,9H,5-8H2,1-2H3. The number of carbonyl (C=O) groups excluding carboxylic acids is 1. The summed E-state index contributed by atoms with van der Waals surface area (Å²) in [6.45, 7) is 6.19. The summed E-state index contributed by atoms with van der Waals surface area (Å²) in [6, 6.07) is 3.63. The van der Waals surface area contributed by atoms with E-state index in [0.717, 1.165) is 30.4 Å². The van der Waals surface area contributed by atoms with Crippen LogP contribution in [-0.4, -0.2) is 28.9 Å². The quantitative estimate of drug-likeness (QED) is 0.798. The Labute approximate surface area is 110 Å². The number of pyridine rings is 1. The summed E-state index contributed by atoms with van der Waals surface area (Å²) in [5, 5.41) is 0. The van der Waals surface area contributed by atoms with E-state index in [0.29, 0.717) is 11.1 Å². The van der Waals surface area contributed by atoms with Crippen LogP contribution in [0.15, 0.2) is 22.8 Å². The summed E-state index contributed by atoms with van der Waals surface area (Å²) < 4.78 is 0.897. The smallest absolute Gasteiger partial charge is 0.272 e. The van der Waals surface area contributed by atoms with Gasteiger partial charge in [0.15, 0.2) is 0 Å². The van der Waals surface area contributed by atoms with Gasteiger partial charge in [-0.3, -0.25) is 4.79 Å². The molecular formula is C13H17BrN2O. The van der Waals surface area contributed by atoms with E-state index in [9.17, 15) is 4.79 Å². The van der Waals surface area contributed by atoms with Crippen LogP contribution in [0.4, 0.5) is 0 Å². The number of halogens is 1. The Hall–Kier alpha value is -0.900. The SMILES string of the molecule is CC1(C)CCN(C(=O)c2ccc(Br)cn2)CC1. The van der Waals surface area contributed by atoms with E-state index < -0.39 is 0 Å². The molecule has 92 valence electrons. The summed E-state index contributed by atoms with van der Waals surface area (Å²) in [4.78, 5) is 18.2. The molecule has 1 saturated heterocycles. The van der Waals surface area contributed by atoms with Crippen molar-refractivity contribution in [1.82, 2.24) is 9.88 Å². The molecule has 1 fully saturated rings. The second-order valence-corrected chi connectivity index (χ2v) is 6.23. The second kappa shape index (κ2) is 4.77. The molecule has 1 aliphatic heterocycles. The van der Waals surface area contributed by atoms with Crippen molar-refractivity contribution in [2.45, 2.75) is 26.7 Å². The van der Waals surface area contributed by atoms with Crippen LogP contribution in [0.3, 0.4) is 0 Å². The zero-order valence-corrected chi connectivity index (χ0v) is 11.8. The van der Waals surface area contributed by atoms with Crippen LogP contribution in [0.2, 0.25) is 0 Å². The normalized spacial score (nSPS) is 19.1. The number of rotatable bonds is 1. The van der Waals surface area contributed by atoms with Crippen LogP contribution < -0.4 is 0 Å². The fraction of sp³-hybridized carbons (Fsp3) is 0.538. The maximum Gasteiger partial charge on any atom is 0.272 e. The minimum atomic E-state index is 0.0491. The predicted molar refractivity (Wildman–Crippen MR) is 70.9 cm³/mol. The topological polar surface area (TPSA) is 33.2 Å². The molecule has 1 aromatic rings. The monoisotopic (exact) mass is 296 g/mol. The number of likely N-dealkylation sites (tertiary alicyclic amines) is 1. The van der Waals surface area contributed by atoms with Gasteiger partial charge in [-0.2, -0.15) is 0 Å².